The second kappa shape index (κ2) is 5.81. The molecule has 6 heteroatoms. The van der Waals surface area contributed by atoms with Crippen molar-refractivity contribution in [2.75, 3.05) is 13.7 Å². The van der Waals surface area contributed by atoms with Crippen LogP contribution in [-0.2, 0) is 21.3 Å². The van der Waals surface area contributed by atoms with Crippen molar-refractivity contribution < 1.29 is 13.2 Å². The lowest BCUT2D eigenvalue weighted by Crippen LogP contribution is -2.49. The summed E-state index contributed by atoms with van der Waals surface area (Å²) in [6.07, 6.45) is 2.87. The van der Waals surface area contributed by atoms with E-state index in [0.29, 0.717) is 13.1 Å². The number of nitrogens with two attached hydrogens (primary N) is 1. The van der Waals surface area contributed by atoms with Crippen LogP contribution in [0.4, 0.5) is 0 Å². The van der Waals surface area contributed by atoms with E-state index in [9.17, 15) is 8.42 Å². The fourth-order valence-electron chi connectivity index (χ4n) is 2.37. The normalized spacial score (nSPS) is 17.8. The van der Waals surface area contributed by atoms with Crippen LogP contribution < -0.4 is 10.5 Å². The highest BCUT2D eigenvalue weighted by molar-refractivity contribution is 7.89. The van der Waals surface area contributed by atoms with E-state index >= 15 is 0 Å². The Morgan fingerprint density at radius 2 is 2.10 bits per heavy atom. The summed E-state index contributed by atoms with van der Waals surface area (Å²) in [7, 11) is -1.88. The van der Waals surface area contributed by atoms with Gasteiger partial charge in [-0.3, -0.25) is 0 Å². The van der Waals surface area contributed by atoms with Crippen molar-refractivity contribution >= 4 is 10.0 Å². The highest BCUT2D eigenvalue weighted by Crippen LogP contribution is 2.34. The zero-order valence-electron chi connectivity index (χ0n) is 12.0. The van der Waals surface area contributed by atoms with Crippen molar-refractivity contribution in [3.63, 3.8) is 0 Å². The Morgan fingerprint density at radius 3 is 2.60 bits per heavy atom. The van der Waals surface area contributed by atoms with Gasteiger partial charge < -0.3 is 10.5 Å². The van der Waals surface area contributed by atoms with Gasteiger partial charge in [0.05, 0.1) is 10.5 Å². The lowest BCUT2D eigenvalue weighted by Gasteiger charge is -2.40. The first-order valence-corrected chi connectivity index (χ1v) is 8.25. The summed E-state index contributed by atoms with van der Waals surface area (Å²) in [5, 5.41) is 0. The van der Waals surface area contributed by atoms with E-state index in [4.69, 9.17) is 10.5 Å². The van der Waals surface area contributed by atoms with Crippen molar-refractivity contribution in [3.8, 4) is 0 Å². The van der Waals surface area contributed by atoms with Crippen LogP contribution in [0.3, 0.4) is 0 Å². The molecular formula is C14H22N2O3S. The van der Waals surface area contributed by atoms with Gasteiger partial charge in [-0.1, -0.05) is 6.07 Å². The molecule has 1 fully saturated rings. The monoisotopic (exact) mass is 298 g/mol. The molecule has 3 N–H and O–H groups in total. The summed E-state index contributed by atoms with van der Waals surface area (Å²) < 4.78 is 32.7. The van der Waals surface area contributed by atoms with Gasteiger partial charge in [-0.05, 0) is 49.4 Å². The molecule has 0 radical (unpaired) electrons. The maximum Gasteiger partial charge on any atom is 0.240 e. The van der Waals surface area contributed by atoms with Gasteiger partial charge in [0.2, 0.25) is 10.0 Å². The molecule has 5 nitrogen and oxygen atoms in total. The van der Waals surface area contributed by atoms with Crippen LogP contribution in [0.15, 0.2) is 23.1 Å². The Labute approximate surface area is 120 Å². The Kier molecular flexibility index (Phi) is 4.49. The molecule has 0 amide bonds. The van der Waals surface area contributed by atoms with Gasteiger partial charge in [-0.15, -0.1) is 0 Å². The van der Waals surface area contributed by atoms with Gasteiger partial charge in [-0.25, -0.2) is 13.1 Å². The third kappa shape index (κ3) is 3.03. The molecule has 1 aromatic rings. The first kappa shape index (κ1) is 15.4. The van der Waals surface area contributed by atoms with E-state index < -0.39 is 10.0 Å². The second-order valence-electron chi connectivity index (χ2n) is 5.36. The zero-order chi connectivity index (χ0) is 14.8. The van der Waals surface area contributed by atoms with Crippen molar-refractivity contribution in [1.82, 2.24) is 4.72 Å². The molecule has 2 rings (SSSR count). The highest BCUT2D eigenvalue weighted by Gasteiger charge is 2.38. The van der Waals surface area contributed by atoms with Gasteiger partial charge >= 0.3 is 0 Å². The third-order valence-corrected chi connectivity index (χ3v) is 5.53. The van der Waals surface area contributed by atoms with E-state index in [2.05, 4.69) is 4.72 Å². The topological polar surface area (TPSA) is 81.4 Å². The number of aryl methyl sites for hydroxylation is 1. The van der Waals surface area contributed by atoms with Gasteiger partial charge in [0.15, 0.2) is 0 Å². The Morgan fingerprint density at radius 1 is 1.40 bits per heavy atom. The van der Waals surface area contributed by atoms with E-state index in [-0.39, 0.29) is 10.5 Å². The van der Waals surface area contributed by atoms with Crippen LogP contribution in [0, 0.1) is 6.92 Å². The number of nitrogens with one attached hydrogen (secondary N) is 1. The molecule has 20 heavy (non-hydrogen) atoms. The molecule has 1 aliphatic rings. The summed E-state index contributed by atoms with van der Waals surface area (Å²) in [5.41, 5.74) is 7.14. The summed E-state index contributed by atoms with van der Waals surface area (Å²) in [4.78, 5) is 0.258. The summed E-state index contributed by atoms with van der Waals surface area (Å²) in [6.45, 7) is 2.56. The fourth-order valence-corrected chi connectivity index (χ4v) is 3.53. The minimum atomic E-state index is -3.51. The first-order valence-electron chi connectivity index (χ1n) is 6.77. The quantitative estimate of drug-likeness (QED) is 0.829. The molecule has 0 bridgehead atoms. The third-order valence-electron chi connectivity index (χ3n) is 4.13. The van der Waals surface area contributed by atoms with Gasteiger partial charge in [-0.2, -0.15) is 0 Å². The predicted molar refractivity (Wildman–Crippen MR) is 77.8 cm³/mol. The molecule has 0 aliphatic heterocycles. The van der Waals surface area contributed by atoms with Crippen molar-refractivity contribution in [2.45, 2.75) is 43.2 Å². The van der Waals surface area contributed by atoms with Gasteiger partial charge in [0.1, 0.15) is 0 Å². The molecule has 0 unspecified atom stereocenters. The minimum Gasteiger partial charge on any atom is -0.377 e. The van der Waals surface area contributed by atoms with Crippen LogP contribution in [0.1, 0.15) is 30.4 Å². The number of hydrogen-bond acceptors (Lipinski definition) is 4. The smallest absolute Gasteiger partial charge is 0.240 e. The lowest BCUT2D eigenvalue weighted by atomic mass is 9.80. The zero-order valence-corrected chi connectivity index (χ0v) is 12.8. The summed E-state index contributed by atoms with van der Waals surface area (Å²) in [6, 6.07) is 5.03. The van der Waals surface area contributed by atoms with Crippen LogP contribution in [0.25, 0.3) is 0 Å². The van der Waals surface area contributed by atoms with Crippen LogP contribution in [0.2, 0.25) is 0 Å². The van der Waals surface area contributed by atoms with Gasteiger partial charge in [0.25, 0.3) is 0 Å². The molecule has 0 atom stereocenters. The number of hydrogen-bond donors (Lipinski definition) is 2. The van der Waals surface area contributed by atoms with Crippen LogP contribution >= 0.6 is 0 Å². The number of methoxy groups -OCH3 is 1. The largest absolute Gasteiger partial charge is 0.377 e. The average molecular weight is 298 g/mol. The molecule has 0 saturated heterocycles. The number of benzene rings is 1. The molecule has 1 saturated carbocycles. The Balaban J connectivity index is 2.14. The highest BCUT2D eigenvalue weighted by atomic mass is 32.2. The van der Waals surface area contributed by atoms with Crippen LogP contribution in [0.5, 0.6) is 0 Å². The molecule has 1 aromatic carbocycles. The van der Waals surface area contributed by atoms with Crippen molar-refractivity contribution in [2.24, 2.45) is 5.73 Å². The molecule has 0 spiro atoms. The van der Waals surface area contributed by atoms with E-state index in [1.807, 2.05) is 6.92 Å². The Hall–Kier alpha value is -0.950. The maximum absolute atomic E-state index is 12.3. The molecular weight excluding hydrogens is 276 g/mol. The SMILES string of the molecule is COC1(CNS(=O)(=O)c2ccc(C)c(CN)c2)CCC1. The minimum absolute atomic E-state index is 0.258. The molecule has 0 aromatic heterocycles. The Bertz CT molecular complexity index is 575. The molecule has 112 valence electrons. The number of ether oxygens (including phenoxy) is 1. The predicted octanol–water partition coefficient (Wildman–Crippen LogP) is 1.30. The van der Waals surface area contributed by atoms with E-state index in [0.717, 1.165) is 30.4 Å². The van der Waals surface area contributed by atoms with Gasteiger partial charge in [0, 0.05) is 20.2 Å². The number of rotatable bonds is 6. The maximum atomic E-state index is 12.3. The molecule has 0 heterocycles. The summed E-state index contributed by atoms with van der Waals surface area (Å²) >= 11 is 0. The van der Waals surface area contributed by atoms with E-state index in [1.165, 1.54) is 0 Å². The summed E-state index contributed by atoms with van der Waals surface area (Å²) in [5.74, 6) is 0. The average Bonchev–Trinajstić information content (AvgIpc) is 2.38. The fraction of sp³-hybridized carbons (Fsp3) is 0.571. The van der Waals surface area contributed by atoms with Crippen molar-refractivity contribution in [1.29, 1.82) is 0 Å². The first-order chi connectivity index (χ1) is 9.42. The van der Waals surface area contributed by atoms with Crippen LogP contribution in [-0.4, -0.2) is 27.7 Å². The second-order valence-corrected chi connectivity index (χ2v) is 7.12. The number of sulfonamides is 1. The standard InChI is InChI=1S/C14H22N2O3S/c1-11-4-5-13(8-12(11)9-15)20(17,18)16-10-14(19-2)6-3-7-14/h4-5,8,16H,3,6-7,9-10,15H2,1-2H3. The molecule has 1 aliphatic carbocycles. The van der Waals surface area contributed by atoms with Crippen molar-refractivity contribution in [3.05, 3.63) is 29.3 Å². The lowest BCUT2D eigenvalue weighted by molar-refractivity contribution is -0.0659. The van der Waals surface area contributed by atoms with E-state index in [1.54, 1.807) is 25.3 Å².